The van der Waals surface area contributed by atoms with E-state index in [9.17, 15) is 14.4 Å². The van der Waals surface area contributed by atoms with E-state index in [0.29, 0.717) is 21.6 Å². The number of anilines is 1. The van der Waals surface area contributed by atoms with E-state index < -0.39 is 18.5 Å². The number of nitrogens with zero attached hydrogens (tertiary/aromatic N) is 2. The predicted octanol–water partition coefficient (Wildman–Crippen LogP) is 2.89. The first kappa shape index (κ1) is 18.9. The number of para-hydroxylation sites is 1. The van der Waals surface area contributed by atoms with Gasteiger partial charge in [-0.3, -0.25) is 19.0 Å². The van der Waals surface area contributed by atoms with Crippen LogP contribution in [-0.4, -0.2) is 28.0 Å². The van der Waals surface area contributed by atoms with Gasteiger partial charge in [0, 0.05) is 5.02 Å². The first-order valence-electron chi connectivity index (χ1n) is 7.79. The molecule has 1 amide bonds. The molecule has 7 nitrogen and oxygen atoms in total. The van der Waals surface area contributed by atoms with E-state index in [1.807, 2.05) is 0 Å². The summed E-state index contributed by atoms with van der Waals surface area (Å²) in [6.45, 7) is -0.876. The maximum absolute atomic E-state index is 12.3. The summed E-state index contributed by atoms with van der Waals surface area (Å²) in [7, 11) is 0. The number of hydrogen-bond donors (Lipinski definition) is 1. The van der Waals surface area contributed by atoms with Crippen LogP contribution in [0.15, 0.2) is 53.6 Å². The minimum absolute atomic E-state index is 0.260. The fraction of sp³-hybridized carbons (Fsp3) is 0.111. The van der Waals surface area contributed by atoms with E-state index in [0.717, 1.165) is 4.57 Å². The maximum Gasteiger partial charge on any atom is 0.326 e. The number of aromatic nitrogens is 2. The zero-order valence-electron chi connectivity index (χ0n) is 13.8. The van der Waals surface area contributed by atoms with Crippen LogP contribution in [0.25, 0.3) is 10.9 Å². The molecule has 1 aromatic heterocycles. The third kappa shape index (κ3) is 4.64. The second-order valence-corrected chi connectivity index (χ2v) is 6.37. The summed E-state index contributed by atoms with van der Waals surface area (Å²) in [5, 5.41) is 3.59. The van der Waals surface area contributed by atoms with Crippen LogP contribution in [0.2, 0.25) is 10.0 Å². The summed E-state index contributed by atoms with van der Waals surface area (Å²) in [4.78, 5) is 40.3. The van der Waals surface area contributed by atoms with Gasteiger partial charge in [0.2, 0.25) is 0 Å². The molecule has 0 saturated heterocycles. The smallest absolute Gasteiger partial charge is 0.326 e. The summed E-state index contributed by atoms with van der Waals surface area (Å²) in [6, 6.07) is 11.4. The van der Waals surface area contributed by atoms with Crippen molar-refractivity contribution in [1.29, 1.82) is 0 Å². The summed E-state index contributed by atoms with van der Waals surface area (Å²) < 4.78 is 6.03. The van der Waals surface area contributed by atoms with Crippen LogP contribution >= 0.6 is 23.2 Å². The van der Waals surface area contributed by atoms with Crippen molar-refractivity contribution in [3.8, 4) is 0 Å². The number of rotatable bonds is 5. The number of carbonyl (C=O) groups excluding carboxylic acids is 2. The van der Waals surface area contributed by atoms with E-state index in [4.69, 9.17) is 27.9 Å². The van der Waals surface area contributed by atoms with Crippen molar-refractivity contribution in [3.05, 3.63) is 69.2 Å². The molecule has 0 aliphatic rings. The van der Waals surface area contributed by atoms with Gasteiger partial charge in [-0.25, -0.2) is 4.98 Å². The lowest BCUT2D eigenvalue weighted by Crippen LogP contribution is -2.28. The first-order chi connectivity index (χ1) is 12.9. The number of fused-ring (bicyclic) bond motifs is 1. The molecule has 0 atom stereocenters. The SMILES string of the molecule is O=C(COC(=O)Cn1cnc2ccccc2c1=O)Nc1ccc(Cl)cc1Cl. The molecule has 1 heterocycles. The van der Waals surface area contributed by atoms with Gasteiger partial charge in [-0.05, 0) is 30.3 Å². The average Bonchev–Trinajstić information content (AvgIpc) is 2.65. The van der Waals surface area contributed by atoms with Gasteiger partial charge < -0.3 is 10.1 Å². The monoisotopic (exact) mass is 405 g/mol. The highest BCUT2D eigenvalue weighted by Crippen LogP contribution is 2.25. The quantitative estimate of drug-likeness (QED) is 0.659. The van der Waals surface area contributed by atoms with E-state index in [1.165, 1.54) is 18.5 Å². The van der Waals surface area contributed by atoms with Gasteiger partial charge in [-0.15, -0.1) is 0 Å². The number of esters is 1. The molecule has 2 aromatic carbocycles. The standard InChI is InChI=1S/C18H13Cl2N3O4/c19-11-5-6-15(13(20)7-11)22-16(24)9-27-17(25)8-23-10-21-14-4-2-1-3-12(14)18(23)26/h1-7,10H,8-9H2,(H,22,24). The van der Waals surface area contributed by atoms with Crippen molar-refractivity contribution in [3.63, 3.8) is 0 Å². The Kier molecular flexibility index (Phi) is 5.73. The number of nitrogens with one attached hydrogen (secondary N) is 1. The molecule has 0 fully saturated rings. The van der Waals surface area contributed by atoms with Gasteiger partial charge in [-0.1, -0.05) is 35.3 Å². The van der Waals surface area contributed by atoms with Crippen molar-refractivity contribution < 1.29 is 14.3 Å². The lowest BCUT2D eigenvalue weighted by atomic mass is 10.2. The number of hydrogen-bond acceptors (Lipinski definition) is 5. The Morgan fingerprint density at radius 3 is 2.70 bits per heavy atom. The fourth-order valence-corrected chi connectivity index (χ4v) is 2.78. The van der Waals surface area contributed by atoms with Crippen molar-refractivity contribution in [2.24, 2.45) is 0 Å². The van der Waals surface area contributed by atoms with Crippen LogP contribution < -0.4 is 10.9 Å². The molecule has 3 aromatic rings. The van der Waals surface area contributed by atoms with Crippen LogP contribution in [0.4, 0.5) is 5.69 Å². The summed E-state index contributed by atoms with van der Waals surface area (Å²) >= 11 is 11.7. The molecule has 0 bridgehead atoms. The van der Waals surface area contributed by atoms with Crippen molar-refractivity contribution in [2.45, 2.75) is 6.54 Å². The Morgan fingerprint density at radius 2 is 1.93 bits per heavy atom. The van der Waals surface area contributed by atoms with Crippen molar-refractivity contribution >= 4 is 51.7 Å². The molecule has 0 spiro atoms. The second kappa shape index (κ2) is 8.20. The van der Waals surface area contributed by atoms with E-state index in [2.05, 4.69) is 10.3 Å². The van der Waals surface area contributed by atoms with Gasteiger partial charge in [0.15, 0.2) is 6.61 Å². The molecular weight excluding hydrogens is 393 g/mol. The van der Waals surface area contributed by atoms with Gasteiger partial charge in [-0.2, -0.15) is 0 Å². The van der Waals surface area contributed by atoms with Gasteiger partial charge in [0.05, 0.1) is 27.9 Å². The summed E-state index contributed by atoms with van der Waals surface area (Å²) in [5.41, 5.74) is 0.512. The Labute approximate surface area is 163 Å². The molecule has 0 aliphatic carbocycles. The largest absolute Gasteiger partial charge is 0.454 e. The van der Waals surface area contributed by atoms with Crippen LogP contribution in [0.3, 0.4) is 0 Å². The molecule has 0 saturated carbocycles. The van der Waals surface area contributed by atoms with E-state index >= 15 is 0 Å². The number of ether oxygens (including phenoxy) is 1. The molecule has 27 heavy (non-hydrogen) atoms. The minimum atomic E-state index is -0.744. The highest BCUT2D eigenvalue weighted by atomic mass is 35.5. The van der Waals surface area contributed by atoms with Crippen LogP contribution in [-0.2, 0) is 20.9 Å². The topological polar surface area (TPSA) is 90.3 Å². The van der Waals surface area contributed by atoms with Crippen molar-refractivity contribution in [2.75, 3.05) is 11.9 Å². The Hall–Kier alpha value is -2.90. The molecule has 3 rings (SSSR count). The Balaban J connectivity index is 1.59. The van der Waals surface area contributed by atoms with E-state index in [-0.39, 0.29) is 17.1 Å². The fourth-order valence-electron chi connectivity index (χ4n) is 2.33. The minimum Gasteiger partial charge on any atom is -0.454 e. The number of halogens is 2. The zero-order chi connectivity index (χ0) is 19.4. The molecule has 0 aliphatic heterocycles. The van der Waals surface area contributed by atoms with Crippen LogP contribution in [0.5, 0.6) is 0 Å². The normalized spacial score (nSPS) is 10.6. The highest BCUT2D eigenvalue weighted by Gasteiger charge is 2.12. The third-order valence-electron chi connectivity index (χ3n) is 3.60. The molecule has 0 radical (unpaired) electrons. The number of benzene rings is 2. The lowest BCUT2D eigenvalue weighted by Gasteiger charge is -2.09. The van der Waals surface area contributed by atoms with Crippen LogP contribution in [0.1, 0.15) is 0 Å². The Bertz CT molecular complexity index is 1080. The van der Waals surface area contributed by atoms with Crippen molar-refractivity contribution in [1.82, 2.24) is 9.55 Å². The average molecular weight is 406 g/mol. The first-order valence-corrected chi connectivity index (χ1v) is 8.54. The highest BCUT2D eigenvalue weighted by molar-refractivity contribution is 6.36. The molecule has 138 valence electrons. The predicted molar refractivity (Wildman–Crippen MR) is 102 cm³/mol. The zero-order valence-corrected chi connectivity index (χ0v) is 15.3. The lowest BCUT2D eigenvalue weighted by molar-refractivity contribution is -0.147. The van der Waals surface area contributed by atoms with Gasteiger partial charge >= 0.3 is 5.97 Å². The summed E-state index contributed by atoms with van der Waals surface area (Å²) in [6.07, 6.45) is 1.26. The van der Waals surface area contributed by atoms with Gasteiger partial charge in [0.25, 0.3) is 11.5 Å². The summed E-state index contributed by atoms with van der Waals surface area (Å²) in [5.74, 6) is -1.32. The van der Waals surface area contributed by atoms with Gasteiger partial charge in [0.1, 0.15) is 6.54 Å². The van der Waals surface area contributed by atoms with Crippen LogP contribution in [0, 0.1) is 0 Å². The van der Waals surface area contributed by atoms with E-state index in [1.54, 1.807) is 30.3 Å². The molecular formula is C18H13Cl2N3O4. The Morgan fingerprint density at radius 1 is 1.15 bits per heavy atom. The molecule has 0 unspecified atom stereocenters. The third-order valence-corrected chi connectivity index (χ3v) is 4.15. The molecule has 9 heteroatoms. The maximum atomic E-state index is 12.3. The number of amides is 1. The number of carbonyl (C=O) groups is 2. The molecule has 1 N–H and O–H groups in total. The second-order valence-electron chi connectivity index (χ2n) is 5.53.